The van der Waals surface area contributed by atoms with Gasteiger partial charge in [-0.3, -0.25) is 33.6 Å². The first-order chi connectivity index (χ1) is 28.8. The molecule has 3 fully saturated rings. The number of amides is 4. The maximum absolute atomic E-state index is 16.6. The minimum atomic E-state index is -4.35. The normalized spacial score (nSPS) is 19.6. The van der Waals surface area contributed by atoms with Gasteiger partial charge in [-0.25, -0.2) is 18.2 Å². The number of fused-ring (bicyclic) bond motifs is 2. The Labute approximate surface area is 344 Å². The highest BCUT2D eigenvalue weighted by molar-refractivity contribution is 7.92. The molecule has 4 aliphatic rings. The Morgan fingerprint density at radius 3 is 2.42 bits per heavy atom. The predicted molar refractivity (Wildman–Crippen MR) is 222 cm³/mol. The lowest BCUT2D eigenvalue weighted by atomic mass is 9.92. The number of piperidine rings is 2. The highest BCUT2D eigenvalue weighted by Crippen LogP contribution is 2.41. The number of nitrogens with zero attached hydrogens (tertiary/aromatic N) is 5. The van der Waals surface area contributed by atoms with E-state index in [1.165, 1.54) is 9.13 Å². The van der Waals surface area contributed by atoms with Gasteiger partial charge in [0.15, 0.2) is 5.82 Å². The van der Waals surface area contributed by atoms with E-state index in [1.54, 1.807) is 30.1 Å². The number of halogens is 1. The van der Waals surface area contributed by atoms with Crippen LogP contribution in [-0.4, -0.2) is 78.8 Å². The van der Waals surface area contributed by atoms with Crippen molar-refractivity contribution >= 4 is 72.6 Å². The Morgan fingerprint density at radius 1 is 0.900 bits per heavy atom. The molecule has 0 saturated carbocycles. The van der Waals surface area contributed by atoms with Crippen LogP contribution in [0.1, 0.15) is 49.3 Å². The van der Waals surface area contributed by atoms with E-state index in [2.05, 4.69) is 10.2 Å². The summed E-state index contributed by atoms with van der Waals surface area (Å²) in [6.45, 7) is 1.65. The van der Waals surface area contributed by atoms with E-state index >= 15 is 4.39 Å². The molecular formula is C43H42FN7O8S. The van der Waals surface area contributed by atoms with Crippen LogP contribution in [0.2, 0.25) is 0 Å². The van der Waals surface area contributed by atoms with Gasteiger partial charge >= 0.3 is 15.9 Å². The molecular weight excluding hydrogens is 794 g/mol. The van der Waals surface area contributed by atoms with E-state index in [9.17, 15) is 32.4 Å². The molecule has 5 aromatic rings. The predicted octanol–water partition coefficient (Wildman–Crippen LogP) is 3.90. The number of anilines is 2. The second-order valence-corrected chi connectivity index (χ2v) is 17.4. The lowest BCUT2D eigenvalue weighted by molar-refractivity contribution is -0.136. The van der Waals surface area contributed by atoms with Gasteiger partial charge in [-0.2, -0.15) is 8.42 Å². The van der Waals surface area contributed by atoms with E-state index in [1.807, 2.05) is 65.4 Å². The van der Waals surface area contributed by atoms with Crippen LogP contribution in [0.4, 0.5) is 15.8 Å². The molecule has 1 aromatic heterocycles. The zero-order valence-electron chi connectivity index (χ0n) is 32.7. The van der Waals surface area contributed by atoms with Crippen molar-refractivity contribution in [1.29, 1.82) is 0 Å². The number of nitrogens with one attached hydrogen (secondary N) is 2. The Bertz CT molecular complexity index is 2810. The Morgan fingerprint density at radius 2 is 1.68 bits per heavy atom. The molecule has 17 heteroatoms. The average molecular weight is 836 g/mol. The van der Waals surface area contributed by atoms with Crippen molar-refractivity contribution in [3.05, 3.63) is 106 Å². The standard InChI is InChI=1S/C43H42FN7O8S/c1-47-35-22-31(9-10-33(35)51(43(47)56)34-11-12-37(52)45-42(34)55)48-16-13-26(14-17-48)19-39(54)49-18-15-30(23-49)28-7-8-29-21-36(59-25-27-5-3-2-4-6-27)41(40(44)32(29)20-28)50-24-38(53)46-60(50,57)58/h2-10,15,20-22,26,34H,11-14,16-19,23-25H2,1H3,(H,46,53)(H,45,52,55). The molecule has 0 radical (unpaired) electrons. The summed E-state index contributed by atoms with van der Waals surface area (Å²) in [5, 5.41) is 2.96. The van der Waals surface area contributed by atoms with Crippen molar-refractivity contribution in [3.63, 3.8) is 0 Å². The maximum atomic E-state index is 16.6. The maximum Gasteiger partial charge on any atom is 0.329 e. The number of carbonyl (C=O) groups is 4. The van der Waals surface area contributed by atoms with Crippen LogP contribution in [0.3, 0.4) is 0 Å². The zero-order chi connectivity index (χ0) is 41.9. The van der Waals surface area contributed by atoms with Gasteiger partial charge in [0.1, 0.15) is 30.6 Å². The van der Waals surface area contributed by atoms with Crippen LogP contribution in [0.25, 0.3) is 27.4 Å². The second-order valence-electron chi connectivity index (χ2n) is 15.8. The Kier molecular flexibility index (Phi) is 9.93. The van der Waals surface area contributed by atoms with Crippen LogP contribution in [0, 0.1) is 11.7 Å². The summed E-state index contributed by atoms with van der Waals surface area (Å²) in [4.78, 5) is 67.3. The molecule has 4 aromatic carbocycles. The van der Waals surface area contributed by atoms with Gasteiger partial charge in [0.2, 0.25) is 17.7 Å². The van der Waals surface area contributed by atoms with Crippen LogP contribution >= 0.6 is 0 Å². The van der Waals surface area contributed by atoms with Crippen molar-refractivity contribution in [2.45, 2.75) is 44.8 Å². The van der Waals surface area contributed by atoms with Gasteiger partial charge in [0.25, 0.3) is 5.91 Å². The third-order valence-electron chi connectivity index (χ3n) is 12.0. The largest absolute Gasteiger partial charge is 0.487 e. The first-order valence-electron chi connectivity index (χ1n) is 19.9. The molecule has 15 nitrogen and oxygen atoms in total. The zero-order valence-corrected chi connectivity index (χ0v) is 33.5. The minimum absolute atomic E-state index is 0.0193. The van der Waals surface area contributed by atoms with Gasteiger partial charge in [-0.05, 0) is 77.6 Å². The number of hydrogen-bond donors (Lipinski definition) is 2. The number of aryl methyl sites for hydroxylation is 1. The summed E-state index contributed by atoms with van der Waals surface area (Å²) in [5.74, 6) is -2.26. The number of rotatable bonds is 9. The molecule has 0 aliphatic carbocycles. The van der Waals surface area contributed by atoms with Crippen molar-refractivity contribution in [1.82, 2.24) is 24.1 Å². The molecule has 310 valence electrons. The molecule has 5 heterocycles. The van der Waals surface area contributed by atoms with Gasteiger partial charge in [-0.1, -0.05) is 48.5 Å². The number of imide groups is 1. The fraction of sp³-hybridized carbons (Fsp3) is 0.326. The number of imidazole rings is 1. The number of hydrogen-bond acceptors (Lipinski definition) is 9. The fourth-order valence-electron chi connectivity index (χ4n) is 8.74. The highest BCUT2D eigenvalue weighted by Gasteiger charge is 2.39. The molecule has 9 rings (SSSR count). The van der Waals surface area contributed by atoms with Gasteiger partial charge < -0.3 is 14.5 Å². The molecule has 1 unspecified atom stereocenters. The minimum Gasteiger partial charge on any atom is -0.487 e. The van der Waals surface area contributed by atoms with Crippen molar-refractivity contribution in [2.24, 2.45) is 13.0 Å². The van der Waals surface area contributed by atoms with E-state index in [0.717, 1.165) is 42.8 Å². The first-order valence-corrected chi connectivity index (χ1v) is 21.3. The van der Waals surface area contributed by atoms with Crippen LogP contribution in [0.15, 0.2) is 83.7 Å². The van der Waals surface area contributed by atoms with E-state index in [4.69, 9.17) is 4.74 Å². The number of aromatic nitrogens is 2. The van der Waals surface area contributed by atoms with Crippen LogP contribution in [-0.2, 0) is 43.0 Å². The average Bonchev–Trinajstić information content (AvgIpc) is 3.91. The summed E-state index contributed by atoms with van der Waals surface area (Å²) in [6, 6.07) is 21.0. The Hall–Kier alpha value is -6.49. The second kappa shape index (κ2) is 15.3. The number of benzene rings is 4. The van der Waals surface area contributed by atoms with Gasteiger partial charge in [0.05, 0.1) is 11.0 Å². The van der Waals surface area contributed by atoms with E-state index in [-0.39, 0.29) is 59.7 Å². The molecule has 4 aliphatic heterocycles. The van der Waals surface area contributed by atoms with Crippen molar-refractivity contribution in [3.8, 4) is 5.75 Å². The van der Waals surface area contributed by atoms with E-state index < -0.39 is 40.4 Å². The SMILES string of the molecule is Cn1c(=O)n(C2CCC(=O)NC2=O)c2ccc(N3CCC(CC(=O)N4CC=C(c5ccc6cc(OCc7ccccc7)c(N7CC(=O)NS7(=O)=O)c(F)c6c5)C4)CC3)cc21. The first kappa shape index (κ1) is 39.0. The summed E-state index contributed by atoms with van der Waals surface area (Å²) in [7, 11) is -2.68. The number of ether oxygens (including phenoxy) is 1. The monoisotopic (exact) mass is 835 g/mol. The van der Waals surface area contributed by atoms with Crippen molar-refractivity contribution < 1.29 is 36.7 Å². The molecule has 4 amide bonds. The van der Waals surface area contributed by atoms with Crippen molar-refractivity contribution in [2.75, 3.05) is 41.9 Å². The summed E-state index contributed by atoms with van der Waals surface area (Å²) in [6.07, 6.45) is 4.36. The lowest BCUT2D eigenvalue weighted by Gasteiger charge is -2.34. The highest BCUT2D eigenvalue weighted by atomic mass is 32.2. The fourth-order valence-corrected chi connectivity index (χ4v) is 9.90. The summed E-state index contributed by atoms with van der Waals surface area (Å²) < 4.78 is 54.0. The molecule has 1 atom stereocenters. The number of carbonyl (C=O) groups excluding carboxylic acids is 4. The third kappa shape index (κ3) is 7.16. The molecule has 0 spiro atoms. The summed E-state index contributed by atoms with van der Waals surface area (Å²) >= 11 is 0. The van der Waals surface area contributed by atoms with Crippen LogP contribution in [0.5, 0.6) is 5.75 Å². The summed E-state index contributed by atoms with van der Waals surface area (Å²) in [5.41, 5.74) is 3.91. The van der Waals surface area contributed by atoms with Gasteiger partial charge in [-0.15, -0.1) is 0 Å². The molecule has 0 bridgehead atoms. The topological polar surface area (TPSA) is 172 Å². The lowest BCUT2D eigenvalue weighted by Crippen LogP contribution is -2.44. The molecule has 3 saturated heterocycles. The van der Waals surface area contributed by atoms with Gasteiger partial charge in [0, 0.05) is 57.1 Å². The Balaban J connectivity index is 0.858. The molecule has 60 heavy (non-hydrogen) atoms. The molecule has 2 N–H and O–H groups in total. The smallest absolute Gasteiger partial charge is 0.329 e. The van der Waals surface area contributed by atoms with Crippen LogP contribution < -0.4 is 29.7 Å². The third-order valence-corrected chi connectivity index (χ3v) is 13.4. The van der Waals surface area contributed by atoms with E-state index in [0.29, 0.717) is 45.8 Å². The quantitative estimate of drug-likeness (QED) is 0.209.